The molecular formula is C20H14N4O4. The molecule has 0 unspecified atom stereocenters. The lowest BCUT2D eigenvalue weighted by molar-refractivity contribution is -0.402. The topological polar surface area (TPSA) is 101 Å². The lowest BCUT2D eigenvalue weighted by Gasteiger charge is -2.16. The third-order valence-corrected chi connectivity index (χ3v) is 4.22. The Bertz CT molecular complexity index is 1100. The summed E-state index contributed by atoms with van der Waals surface area (Å²) in [5.74, 6) is -0.464. The summed E-state index contributed by atoms with van der Waals surface area (Å²) < 4.78 is 4.99. The molecule has 0 atom stereocenters. The second kappa shape index (κ2) is 7.28. The van der Waals surface area contributed by atoms with Crippen molar-refractivity contribution in [3.8, 4) is 0 Å². The molecule has 0 bridgehead atoms. The number of fused-ring (bicyclic) bond motifs is 1. The third kappa shape index (κ3) is 3.30. The molecule has 28 heavy (non-hydrogen) atoms. The van der Waals surface area contributed by atoms with Gasteiger partial charge in [-0.1, -0.05) is 48.5 Å². The first-order valence-corrected chi connectivity index (χ1v) is 8.44. The third-order valence-electron chi connectivity index (χ3n) is 4.22. The van der Waals surface area contributed by atoms with Gasteiger partial charge in [0.25, 0.3) is 5.91 Å². The Kier molecular flexibility index (Phi) is 4.51. The Morgan fingerprint density at radius 1 is 1.04 bits per heavy atom. The van der Waals surface area contributed by atoms with Gasteiger partial charge >= 0.3 is 5.88 Å². The van der Waals surface area contributed by atoms with Crippen LogP contribution in [0.4, 0.5) is 11.6 Å². The second-order valence-corrected chi connectivity index (χ2v) is 6.02. The molecule has 2 aromatic carbocycles. The van der Waals surface area contributed by atoms with Crippen molar-refractivity contribution in [3.05, 3.63) is 93.7 Å². The molecule has 1 aromatic heterocycles. The Morgan fingerprint density at radius 2 is 1.79 bits per heavy atom. The van der Waals surface area contributed by atoms with Gasteiger partial charge < -0.3 is 9.32 Å². The molecule has 0 saturated carbocycles. The van der Waals surface area contributed by atoms with E-state index in [2.05, 4.69) is 10.2 Å². The SMILES string of the molecule is O=C1/C(=N/N=C\c2ccc([N+](=O)[O-])o2)c2ccccc2N1Cc1ccccc1. The van der Waals surface area contributed by atoms with E-state index in [9.17, 15) is 14.9 Å². The zero-order valence-electron chi connectivity index (χ0n) is 14.6. The molecule has 0 radical (unpaired) electrons. The van der Waals surface area contributed by atoms with Crippen LogP contribution in [0.3, 0.4) is 0 Å². The summed E-state index contributed by atoms with van der Waals surface area (Å²) in [5, 5.41) is 18.6. The van der Waals surface area contributed by atoms with Crippen LogP contribution in [0.1, 0.15) is 16.9 Å². The average molecular weight is 374 g/mol. The highest BCUT2D eigenvalue weighted by molar-refractivity contribution is 6.54. The molecular weight excluding hydrogens is 360 g/mol. The number of anilines is 1. The molecule has 0 saturated heterocycles. The van der Waals surface area contributed by atoms with Gasteiger partial charge in [-0.25, -0.2) is 0 Å². The highest BCUT2D eigenvalue weighted by Crippen LogP contribution is 2.30. The molecule has 0 aliphatic carbocycles. The zero-order chi connectivity index (χ0) is 19.5. The second-order valence-electron chi connectivity index (χ2n) is 6.02. The predicted octanol–water partition coefficient (Wildman–Crippen LogP) is 3.56. The molecule has 0 fully saturated rings. The maximum absolute atomic E-state index is 12.9. The summed E-state index contributed by atoms with van der Waals surface area (Å²) in [6, 6.07) is 19.7. The van der Waals surface area contributed by atoms with Crippen LogP contribution in [-0.2, 0) is 11.3 Å². The van der Waals surface area contributed by atoms with Gasteiger partial charge in [0.1, 0.15) is 4.92 Å². The molecule has 0 spiro atoms. The Balaban J connectivity index is 1.62. The van der Waals surface area contributed by atoms with Gasteiger partial charge in [-0.05, 0) is 17.7 Å². The number of amides is 1. The van der Waals surface area contributed by atoms with E-state index in [4.69, 9.17) is 4.42 Å². The number of carbonyl (C=O) groups excluding carboxylic acids is 1. The fourth-order valence-electron chi connectivity index (χ4n) is 2.93. The highest BCUT2D eigenvalue weighted by Gasteiger charge is 2.33. The number of carbonyl (C=O) groups is 1. The smallest absolute Gasteiger partial charge is 0.400 e. The highest BCUT2D eigenvalue weighted by atomic mass is 16.6. The van der Waals surface area contributed by atoms with Gasteiger partial charge in [-0.15, -0.1) is 5.10 Å². The van der Waals surface area contributed by atoms with Crippen molar-refractivity contribution in [3.63, 3.8) is 0 Å². The summed E-state index contributed by atoms with van der Waals surface area (Å²) >= 11 is 0. The number of nitro groups is 1. The zero-order valence-corrected chi connectivity index (χ0v) is 14.6. The van der Waals surface area contributed by atoms with E-state index >= 15 is 0 Å². The normalized spacial score (nSPS) is 14.8. The first kappa shape index (κ1) is 17.3. The van der Waals surface area contributed by atoms with E-state index in [1.54, 1.807) is 4.90 Å². The first-order chi connectivity index (χ1) is 13.6. The van der Waals surface area contributed by atoms with Gasteiger partial charge in [0.05, 0.1) is 24.5 Å². The largest absolute Gasteiger partial charge is 0.433 e. The molecule has 8 heteroatoms. The molecule has 1 aliphatic heterocycles. The van der Waals surface area contributed by atoms with Crippen molar-refractivity contribution in [2.24, 2.45) is 10.2 Å². The molecule has 1 aliphatic rings. The fraction of sp³-hybridized carbons (Fsp3) is 0.0500. The van der Waals surface area contributed by atoms with Crippen molar-refractivity contribution in [2.45, 2.75) is 6.54 Å². The number of furan rings is 1. The monoisotopic (exact) mass is 374 g/mol. The van der Waals surface area contributed by atoms with E-state index in [-0.39, 0.29) is 23.3 Å². The van der Waals surface area contributed by atoms with Crippen LogP contribution >= 0.6 is 0 Å². The van der Waals surface area contributed by atoms with E-state index in [1.807, 2.05) is 54.6 Å². The van der Waals surface area contributed by atoms with Gasteiger partial charge in [-0.3, -0.25) is 14.9 Å². The number of hydrogen-bond acceptors (Lipinski definition) is 6. The Labute approximate surface area is 159 Å². The summed E-state index contributed by atoms with van der Waals surface area (Å²) in [6.45, 7) is 0.420. The van der Waals surface area contributed by atoms with Crippen LogP contribution in [0.25, 0.3) is 0 Å². The fourth-order valence-corrected chi connectivity index (χ4v) is 2.93. The average Bonchev–Trinajstić information content (AvgIpc) is 3.28. The van der Waals surface area contributed by atoms with Crippen LogP contribution in [-0.4, -0.2) is 22.8 Å². The van der Waals surface area contributed by atoms with Crippen molar-refractivity contribution in [1.82, 2.24) is 0 Å². The molecule has 1 amide bonds. The molecule has 8 nitrogen and oxygen atoms in total. The predicted molar refractivity (Wildman–Crippen MR) is 104 cm³/mol. The summed E-state index contributed by atoms with van der Waals surface area (Å²) in [4.78, 5) is 24.6. The summed E-state index contributed by atoms with van der Waals surface area (Å²) in [7, 11) is 0. The minimum atomic E-state index is -0.637. The van der Waals surface area contributed by atoms with Crippen LogP contribution in [0.2, 0.25) is 0 Å². The summed E-state index contributed by atoms with van der Waals surface area (Å²) in [6.07, 6.45) is 1.23. The van der Waals surface area contributed by atoms with Crippen LogP contribution in [0.15, 0.2) is 81.4 Å². The van der Waals surface area contributed by atoms with E-state index < -0.39 is 4.92 Å². The standard InChI is InChI=1S/C20H14N4O4/c25-20-19(22-21-12-15-10-11-18(28-15)24(26)27)16-8-4-5-9-17(16)23(20)13-14-6-2-1-3-7-14/h1-12H,13H2/b21-12-,22-19+. The number of hydrogen-bond donors (Lipinski definition) is 0. The molecule has 2 heterocycles. The lowest BCUT2D eigenvalue weighted by atomic mass is 10.1. The van der Waals surface area contributed by atoms with Crippen LogP contribution in [0, 0.1) is 10.1 Å². The number of para-hydroxylation sites is 1. The van der Waals surface area contributed by atoms with Crippen LogP contribution in [0.5, 0.6) is 0 Å². The number of benzene rings is 2. The van der Waals surface area contributed by atoms with E-state index in [0.29, 0.717) is 12.1 Å². The van der Waals surface area contributed by atoms with E-state index in [0.717, 1.165) is 11.3 Å². The number of nitrogens with zero attached hydrogens (tertiary/aromatic N) is 4. The van der Waals surface area contributed by atoms with E-state index in [1.165, 1.54) is 18.3 Å². The van der Waals surface area contributed by atoms with Gasteiger partial charge in [0.2, 0.25) is 0 Å². The lowest BCUT2D eigenvalue weighted by Crippen LogP contribution is -2.29. The minimum absolute atomic E-state index is 0.177. The van der Waals surface area contributed by atoms with Gasteiger partial charge in [0, 0.05) is 5.56 Å². The van der Waals surface area contributed by atoms with Gasteiger partial charge in [-0.2, -0.15) is 5.10 Å². The van der Waals surface area contributed by atoms with Crippen molar-refractivity contribution in [2.75, 3.05) is 4.90 Å². The maximum Gasteiger partial charge on any atom is 0.433 e. The Morgan fingerprint density at radius 3 is 2.54 bits per heavy atom. The Hall–Kier alpha value is -4.07. The molecule has 0 N–H and O–H groups in total. The van der Waals surface area contributed by atoms with Crippen LogP contribution < -0.4 is 4.90 Å². The molecule has 138 valence electrons. The maximum atomic E-state index is 12.9. The van der Waals surface area contributed by atoms with Crippen molar-refractivity contribution < 1.29 is 14.1 Å². The molecule has 4 rings (SSSR count). The number of rotatable bonds is 5. The van der Waals surface area contributed by atoms with Gasteiger partial charge in [0.15, 0.2) is 11.5 Å². The summed E-state index contributed by atoms with van der Waals surface area (Å²) in [5.41, 5.74) is 2.66. The minimum Gasteiger partial charge on any atom is -0.400 e. The molecule has 3 aromatic rings. The van der Waals surface area contributed by atoms with Crippen molar-refractivity contribution >= 4 is 29.4 Å². The first-order valence-electron chi connectivity index (χ1n) is 8.44. The quantitative estimate of drug-likeness (QED) is 0.387. The van der Waals surface area contributed by atoms with Crippen molar-refractivity contribution in [1.29, 1.82) is 0 Å².